The van der Waals surface area contributed by atoms with E-state index in [1.165, 1.54) is 69.4 Å². The number of unbranched alkanes of at least 4 members (excludes halogenated alkanes) is 2. The van der Waals surface area contributed by atoms with Crippen molar-refractivity contribution in [2.24, 2.45) is 11.8 Å². The summed E-state index contributed by atoms with van der Waals surface area (Å²) in [6.07, 6.45) is 13.3. The molecule has 3 rings (SSSR count). The summed E-state index contributed by atoms with van der Waals surface area (Å²) in [5, 5.41) is 0. The highest BCUT2D eigenvalue weighted by Gasteiger charge is 2.21. The fourth-order valence-electron chi connectivity index (χ4n) is 4.74. The Morgan fingerprint density at radius 1 is 0.800 bits per heavy atom. The van der Waals surface area contributed by atoms with Crippen LogP contribution in [0.3, 0.4) is 0 Å². The Balaban J connectivity index is 1.50. The second-order valence-corrected chi connectivity index (χ2v) is 8.79. The van der Waals surface area contributed by atoms with E-state index in [2.05, 4.69) is 19.1 Å². The third-order valence-corrected chi connectivity index (χ3v) is 6.64. The van der Waals surface area contributed by atoms with Crippen LogP contribution in [-0.4, -0.2) is 6.61 Å². The fourth-order valence-corrected chi connectivity index (χ4v) is 4.74. The van der Waals surface area contributed by atoms with Crippen LogP contribution in [0, 0.1) is 23.5 Å². The highest BCUT2D eigenvalue weighted by molar-refractivity contribution is 5.65. The molecule has 0 radical (unpaired) electrons. The van der Waals surface area contributed by atoms with E-state index in [1.54, 1.807) is 13.0 Å². The van der Waals surface area contributed by atoms with E-state index in [0.717, 1.165) is 18.3 Å². The zero-order chi connectivity index (χ0) is 21.3. The van der Waals surface area contributed by atoms with Crippen LogP contribution in [0.25, 0.3) is 11.1 Å². The summed E-state index contributed by atoms with van der Waals surface area (Å²) in [5.41, 5.74) is 2.25. The van der Waals surface area contributed by atoms with Crippen LogP contribution in [0.5, 0.6) is 5.75 Å². The smallest absolute Gasteiger partial charge is 0.201 e. The number of ether oxygens (including phenoxy) is 1. The lowest BCUT2D eigenvalue weighted by atomic mass is 9.78. The Morgan fingerprint density at radius 2 is 1.47 bits per heavy atom. The minimum atomic E-state index is -0.913. The lowest BCUT2D eigenvalue weighted by Gasteiger charge is -2.28. The Bertz CT molecular complexity index is 776. The molecule has 164 valence electrons. The summed E-state index contributed by atoms with van der Waals surface area (Å²) in [4.78, 5) is 0. The first-order valence-electron chi connectivity index (χ1n) is 11.8. The van der Waals surface area contributed by atoms with Gasteiger partial charge in [-0.3, -0.25) is 0 Å². The van der Waals surface area contributed by atoms with E-state index in [1.807, 2.05) is 12.1 Å². The normalized spacial score (nSPS) is 19.1. The van der Waals surface area contributed by atoms with Gasteiger partial charge in [-0.2, -0.15) is 4.39 Å². The highest BCUT2D eigenvalue weighted by atomic mass is 19.2. The molecule has 2 aromatic carbocycles. The van der Waals surface area contributed by atoms with Crippen molar-refractivity contribution in [1.82, 2.24) is 0 Å². The molecule has 2 aromatic rings. The Kier molecular flexibility index (Phi) is 8.72. The largest absolute Gasteiger partial charge is 0.491 e. The van der Waals surface area contributed by atoms with Crippen molar-refractivity contribution >= 4 is 0 Å². The molecule has 1 nitrogen and oxygen atoms in total. The van der Waals surface area contributed by atoms with Crippen molar-refractivity contribution in [3.8, 4) is 16.9 Å². The summed E-state index contributed by atoms with van der Waals surface area (Å²) in [6.45, 7) is 4.34. The van der Waals surface area contributed by atoms with Crippen molar-refractivity contribution in [1.29, 1.82) is 0 Å². The predicted octanol–water partition coefficient (Wildman–Crippen LogP) is 8.35. The summed E-state index contributed by atoms with van der Waals surface area (Å²) >= 11 is 0. The maximum Gasteiger partial charge on any atom is 0.201 e. The molecule has 0 saturated heterocycles. The van der Waals surface area contributed by atoms with Gasteiger partial charge in [0.05, 0.1) is 6.61 Å². The second kappa shape index (κ2) is 11.5. The molecule has 0 atom stereocenters. The molecule has 0 amide bonds. The fraction of sp³-hybridized carbons (Fsp3) is 0.556. The molecular formula is C27H36F2O. The van der Waals surface area contributed by atoms with Crippen LogP contribution < -0.4 is 4.74 Å². The molecule has 0 aromatic heterocycles. The molecule has 30 heavy (non-hydrogen) atoms. The molecule has 1 aliphatic carbocycles. The maximum absolute atomic E-state index is 14.4. The van der Waals surface area contributed by atoms with Gasteiger partial charge < -0.3 is 4.74 Å². The third kappa shape index (κ3) is 6.06. The number of benzene rings is 2. The van der Waals surface area contributed by atoms with E-state index in [9.17, 15) is 8.78 Å². The van der Waals surface area contributed by atoms with Gasteiger partial charge >= 0.3 is 0 Å². The average molecular weight is 415 g/mol. The van der Waals surface area contributed by atoms with Crippen LogP contribution in [-0.2, 0) is 6.42 Å². The van der Waals surface area contributed by atoms with E-state index in [4.69, 9.17) is 4.74 Å². The van der Waals surface area contributed by atoms with Gasteiger partial charge in [-0.1, -0.05) is 82.6 Å². The number of aryl methyl sites for hydroxylation is 1. The van der Waals surface area contributed by atoms with Crippen LogP contribution in [0.1, 0.15) is 77.2 Å². The molecule has 3 heteroatoms. The maximum atomic E-state index is 14.4. The second-order valence-electron chi connectivity index (χ2n) is 8.79. The number of rotatable bonds is 10. The van der Waals surface area contributed by atoms with Crippen LogP contribution >= 0.6 is 0 Å². The predicted molar refractivity (Wildman–Crippen MR) is 121 cm³/mol. The summed E-state index contributed by atoms with van der Waals surface area (Å²) < 4.78 is 33.7. The molecule has 0 bridgehead atoms. The molecule has 0 spiro atoms. The van der Waals surface area contributed by atoms with Crippen molar-refractivity contribution in [3.05, 3.63) is 53.6 Å². The van der Waals surface area contributed by atoms with Crippen molar-refractivity contribution < 1.29 is 13.5 Å². The van der Waals surface area contributed by atoms with Gasteiger partial charge in [0.15, 0.2) is 11.6 Å². The Labute approximate surface area is 180 Å². The summed E-state index contributed by atoms with van der Waals surface area (Å²) in [6, 6.07) is 11.0. The lowest BCUT2D eigenvalue weighted by Crippen LogP contribution is -2.15. The van der Waals surface area contributed by atoms with Crippen molar-refractivity contribution in [3.63, 3.8) is 0 Å². The zero-order valence-electron chi connectivity index (χ0n) is 18.6. The molecule has 1 saturated carbocycles. The average Bonchev–Trinajstić information content (AvgIpc) is 2.77. The molecule has 1 aliphatic rings. The van der Waals surface area contributed by atoms with Gasteiger partial charge in [-0.15, -0.1) is 0 Å². The first kappa shape index (κ1) is 22.8. The first-order valence-corrected chi connectivity index (χ1v) is 11.8. The summed E-state index contributed by atoms with van der Waals surface area (Å²) in [7, 11) is 0. The van der Waals surface area contributed by atoms with Crippen LogP contribution in [0.15, 0.2) is 36.4 Å². The number of halogens is 2. The standard InChI is InChI=1S/C27H36F2O/c1-3-5-6-7-20-8-10-21(11-9-20)12-13-22-14-16-23(17-15-22)24-18-19-25(30-4-2)27(29)26(24)28/h14-21H,3-13H2,1-2H3. The van der Waals surface area contributed by atoms with Crippen LogP contribution in [0.4, 0.5) is 8.78 Å². The van der Waals surface area contributed by atoms with Crippen LogP contribution in [0.2, 0.25) is 0 Å². The highest BCUT2D eigenvalue weighted by Crippen LogP contribution is 2.35. The van der Waals surface area contributed by atoms with E-state index in [-0.39, 0.29) is 11.3 Å². The molecule has 1 fully saturated rings. The topological polar surface area (TPSA) is 9.23 Å². The quantitative estimate of drug-likeness (QED) is 0.355. The van der Waals surface area contributed by atoms with E-state index in [0.29, 0.717) is 12.2 Å². The lowest BCUT2D eigenvalue weighted by molar-refractivity contribution is 0.249. The molecule has 0 unspecified atom stereocenters. The Morgan fingerprint density at radius 3 is 2.10 bits per heavy atom. The SMILES string of the molecule is CCCCCC1CCC(CCc2ccc(-c3ccc(OCC)c(F)c3F)cc2)CC1. The van der Waals surface area contributed by atoms with Gasteiger partial charge in [0.2, 0.25) is 5.82 Å². The van der Waals surface area contributed by atoms with Gasteiger partial charge in [0, 0.05) is 5.56 Å². The Hall–Kier alpha value is -1.90. The first-order chi connectivity index (χ1) is 14.6. The number of hydrogen-bond donors (Lipinski definition) is 0. The molecule has 0 N–H and O–H groups in total. The molecule has 0 heterocycles. The monoisotopic (exact) mass is 414 g/mol. The molecule has 0 aliphatic heterocycles. The van der Waals surface area contributed by atoms with Gasteiger partial charge in [0.25, 0.3) is 0 Å². The third-order valence-electron chi connectivity index (χ3n) is 6.64. The molecular weight excluding hydrogens is 378 g/mol. The minimum absolute atomic E-state index is 0.0320. The van der Waals surface area contributed by atoms with Crippen molar-refractivity contribution in [2.45, 2.75) is 78.1 Å². The van der Waals surface area contributed by atoms with Crippen molar-refractivity contribution in [2.75, 3.05) is 6.61 Å². The zero-order valence-corrected chi connectivity index (χ0v) is 18.6. The van der Waals surface area contributed by atoms with E-state index >= 15 is 0 Å². The van der Waals surface area contributed by atoms with Gasteiger partial charge in [-0.25, -0.2) is 4.39 Å². The van der Waals surface area contributed by atoms with Gasteiger partial charge in [0.1, 0.15) is 0 Å². The number of hydrogen-bond acceptors (Lipinski definition) is 1. The van der Waals surface area contributed by atoms with Gasteiger partial charge in [-0.05, 0) is 54.9 Å². The summed E-state index contributed by atoms with van der Waals surface area (Å²) in [5.74, 6) is 0.00446. The van der Waals surface area contributed by atoms with E-state index < -0.39 is 11.6 Å². The minimum Gasteiger partial charge on any atom is -0.491 e.